The monoisotopic (exact) mass is 209 g/mol. The van der Waals surface area contributed by atoms with Crippen LogP contribution in [-0.4, -0.2) is 23.5 Å². The van der Waals surface area contributed by atoms with E-state index in [9.17, 15) is 4.39 Å². The smallest absolute Gasteiger partial charge is 0.120 e. The van der Waals surface area contributed by atoms with Gasteiger partial charge in [-0.1, -0.05) is 18.7 Å². The molecule has 1 aliphatic rings. The van der Waals surface area contributed by atoms with Crippen molar-refractivity contribution < 1.29 is 4.39 Å². The minimum Gasteiger partial charge on any atom is -0.290 e. The molecule has 1 rings (SSSR count). The normalized spacial score (nSPS) is 18.5. The summed E-state index contributed by atoms with van der Waals surface area (Å²) < 4.78 is 13.3. The summed E-state index contributed by atoms with van der Waals surface area (Å²) in [6.45, 7) is 17.0. The van der Waals surface area contributed by atoms with Crippen molar-refractivity contribution in [1.29, 1.82) is 0 Å². The highest BCUT2D eigenvalue weighted by Crippen LogP contribution is 2.31. The van der Waals surface area contributed by atoms with E-state index in [0.29, 0.717) is 6.54 Å². The Bertz CT molecular complexity index is 305. The lowest BCUT2D eigenvalue weighted by atomic mass is 10.0. The molecule has 0 aromatic heterocycles. The van der Waals surface area contributed by atoms with Gasteiger partial charge in [0.05, 0.1) is 0 Å². The third-order valence-electron chi connectivity index (χ3n) is 2.85. The Morgan fingerprint density at radius 1 is 1.20 bits per heavy atom. The first-order chi connectivity index (χ1) is 6.73. The highest BCUT2D eigenvalue weighted by molar-refractivity contribution is 5.45. The van der Waals surface area contributed by atoms with E-state index in [2.05, 4.69) is 38.8 Å². The first kappa shape index (κ1) is 12.2. The van der Waals surface area contributed by atoms with E-state index >= 15 is 0 Å². The van der Waals surface area contributed by atoms with Gasteiger partial charge in [0.15, 0.2) is 0 Å². The molecule has 0 saturated heterocycles. The van der Waals surface area contributed by atoms with Crippen LogP contribution in [0.2, 0.25) is 0 Å². The van der Waals surface area contributed by atoms with Crippen molar-refractivity contribution in [2.75, 3.05) is 13.1 Å². The Morgan fingerprint density at radius 2 is 1.67 bits per heavy atom. The van der Waals surface area contributed by atoms with Crippen LogP contribution in [0.15, 0.2) is 35.7 Å². The van der Waals surface area contributed by atoms with Crippen molar-refractivity contribution in [3.05, 3.63) is 35.7 Å². The van der Waals surface area contributed by atoms with E-state index in [1.54, 1.807) is 0 Å². The molecule has 0 aliphatic carbocycles. The van der Waals surface area contributed by atoms with Crippen LogP contribution in [0.3, 0.4) is 0 Å². The van der Waals surface area contributed by atoms with Gasteiger partial charge in [0.25, 0.3) is 0 Å². The average molecular weight is 209 g/mol. The minimum absolute atomic E-state index is 0.0535. The first-order valence-electron chi connectivity index (χ1n) is 5.21. The Hall–Kier alpha value is -0.890. The number of nitrogens with zero attached hydrogens (tertiary/aromatic N) is 1. The molecule has 1 nitrogen and oxygen atoms in total. The third kappa shape index (κ3) is 2.57. The van der Waals surface area contributed by atoms with Gasteiger partial charge < -0.3 is 0 Å². The molecule has 84 valence electrons. The largest absolute Gasteiger partial charge is 0.290 e. The SMILES string of the molecule is C=C(C)C1=C(C(=C)F)CN(C(C)(C)C)C1. The molecule has 1 aliphatic heterocycles. The maximum atomic E-state index is 13.3. The van der Waals surface area contributed by atoms with Gasteiger partial charge in [0.1, 0.15) is 5.83 Å². The predicted molar refractivity (Wildman–Crippen MR) is 63.4 cm³/mol. The summed E-state index contributed by atoms with van der Waals surface area (Å²) in [5.41, 5.74) is 2.73. The Kier molecular flexibility index (Phi) is 3.19. The third-order valence-corrected chi connectivity index (χ3v) is 2.85. The molecule has 1 heterocycles. The maximum Gasteiger partial charge on any atom is 0.120 e. The molecule has 0 fully saturated rings. The second-order valence-electron chi connectivity index (χ2n) is 5.17. The average Bonchev–Trinajstić information content (AvgIpc) is 2.45. The second kappa shape index (κ2) is 3.93. The van der Waals surface area contributed by atoms with Gasteiger partial charge in [-0.15, -0.1) is 0 Å². The number of hydrogen-bond acceptors (Lipinski definition) is 1. The van der Waals surface area contributed by atoms with Gasteiger partial charge in [-0.25, -0.2) is 4.39 Å². The molecule has 2 heteroatoms. The van der Waals surface area contributed by atoms with Crippen LogP contribution < -0.4 is 0 Å². The predicted octanol–water partition coefficient (Wildman–Crippen LogP) is 3.46. The van der Waals surface area contributed by atoms with E-state index in [0.717, 1.165) is 23.3 Å². The van der Waals surface area contributed by atoms with E-state index < -0.39 is 0 Å². The molecule has 0 spiro atoms. The van der Waals surface area contributed by atoms with E-state index in [4.69, 9.17) is 0 Å². The van der Waals surface area contributed by atoms with Crippen LogP contribution >= 0.6 is 0 Å². The van der Waals surface area contributed by atoms with Crippen LogP contribution in [0.4, 0.5) is 4.39 Å². The van der Waals surface area contributed by atoms with E-state index in [1.165, 1.54) is 0 Å². The van der Waals surface area contributed by atoms with Crippen molar-refractivity contribution in [3.63, 3.8) is 0 Å². The quantitative estimate of drug-likeness (QED) is 0.673. The fourth-order valence-electron chi connectivity index (χ4n) is 1.74. The van der Waals surface area contributed by atoms with Crippen molar-refractivity contribution in [3.8, 4) is 0 Å². The van der Waals surface area contributed by atoms with E-state index in [-0.39, 0.29) is 11.4 Å². The Balaban J connectivity index is 2.96. The van der Waals surface area contributed by atoms with Crippen molar-refractivity contribution in [1.82, 2.24) is 4.90 Å². The second-order valence-corrected chi connectivity index (χ2v) is 5.17. The molecule has 0 bridgehead atoms. The molecule has 0 amide bonds. The van der Waals surface area contributed by atoms with Crippen LogP contribution in [0.1, 0.15) is 27.7 Å². The van der Waals surface area contributed by atoms with Crippen LogP contribution in [0, 0.1) is 0 Å². The first-order valence-corrected chi connectivity index (χ1v) is 5.21. The van der Waals surface area contributed by atoms with Gasteiger partial charge in [0, 0.05) is 24.2 Å². The molecule has 0 radical (unpaired) electrons. The van der Waals surface area contributed by atoms with Gasteiger partial charge in [-0.2, -0.15) is 0 Å². The summed E-state index contributed by atoms with van der Waals surface area (Å²) in [5, 5.41) is 0. The van der Waals surface area contributed by atoms with Gasteiger partial charge >= 0.3 is 0 Å². The van der Waals surface area contributed by atoms with Crippen LogP contribution in [0.5, 0.6) is 0 Å². The number of halogens is 1. The zero-order chi connectivity index (χ0) is 11.8. The highest BCUT2D eigenvalue weighted by atomic mass is 19.1. The number of hydrogen-bond donors (Lipinski definition) is 0. The number of rotatable bonds is 2. The van der Waals surface area contributed by atoms with Crippen molar-refractivity contribution in [2.45, 2.75) is 33.2 Å². The topological polar surface area (TPSA) is 3.24 Å². The fourth-order valence-corrected chi connectivity index (χ4v) is 1.74. The minimum atomic E-state index is -0.320. The van der Waals surface area contributed by atoms with Gasteiger partial charge in [0.2, 0.25) is 0 Å². The lowest BCUT2D eigenvalue weighted by Crippen LogP contribution is -2.40. The maximum absolute atomic E-state index is 13.3. The molecule has 0 saturated carbocycles. The van der Waals surface area contributed by atoms with Crippen molar-refractivity contribution >= 4 is 0 Å². The molecular weight excluding hydrogens is 189 g/mol. The molecule has 0 aromatic rings. The van der Waals surface area contributed by atoms with Crippen LogP contribution in [-0.2, 0) is 0 Å². The Labute approximate surface area is 92.0 Å². The summed E-state index contributed by atoms with van der Waals surface area (Å²) in [7, 11) is 0. The summed E-state index contributed by atoms with van der Waals surface area (Å²) in [6, 6.07) is 0. The molecule has 15 heavy (non-hydrogen) atoms. The summed E-state index contributed by atoms with van der Waals surface area (Å²) in [6.07, 6.45) is 0. The van der Waals surface area contributed by atoms with Crippen LogP contribution in [0.25, 0.3) is 0 Å². The van der Waals surface area contributed by atoms with Gasteiger partial charge in [-0.3, -0.25) is 4.90 Å². The summed E-state index contributed by atoms with van der Waals surface area (Å²) >= 11 is 0. The highest BCUT2D eigenvalue weighted by Gasteiger charge is 2.31. The molecule has 0 atom stereocenters. The van der Waals surface area contributed by atoms with Crippen molar-refractivity contribution in [2.24, 2.45) is 0 Å². The van der Waals surface area contributed by atoms with Gasteiger partial charge in [-0.05, 0) is 33.3 Å². The summed E-state index contributed by atoms with van der Waals surface area (Å²) in [5.74, 6) is -0.320. The van der Waals surface area contributed by atoms with E-state index in [1.807, 2.05) is 6.92 Å². The zero-order valence-electron chi connectivity index (χ0n) is 10.2. The lowest BCUT2D eigenvalue weighted by molar-refractivity contribution is 0.179. The molecular formula is C13H20FN. The standard InChI is InChI=1S/C13H20FN/c1-9(2)11-7-15(13(4,5)6)8-12(11)10(3)14/h1,3,7-8H2,2,4-6H3. The summed E-state index contributed by atoms with van der Waals surface area (Å²) in [4.78, 5) is 2.23. The molecule has 0 aromatic carbocycles. The molecule has 0 N–H and O–H groups in total. The fraction of sp³-hybridized carbons (Fsp3) is 0.538. The zero-order valence-corrected chi connectivity index (χ0v) is 10.2. The Morgan fingerprint density at radius 3 is 1.93 bits per heavy atom. The lowest BCUT2D eigenvalue weighted by Gasteiger charge is -2.32. The molecule has 0 unspecified atom stereocenters.